The molecule has 118 valence electrons. The standard InChI is InChI=1S/C12H23N3O4.ClH/c1-5-12(6-2,9(16)14-11(13)18)10(17)19-8-7-15(3)4;/h5-8H2,1-4H3,(H3,13,14,16,18);1H. The van der Waals surface area contributed by atoms with E-state index in [1.54, 1.807) is 13.8 Å². The van der Waals surface area contributed by atoms with Crippen LogP contribution < -0.4 is 11.1 Å². The lowest BCUT2D eigenvalue weighted by atomic mass is 9.81. The van der Waals surface area contributed by atoms with Gasteiger partial charge in [0, 0.05) is 6.54 Å². The van der Waals surface area contributed by atoms with Crippen molar-refractivity contribution in [1.82, 2.24) is 10.2 Å². The van der Waals surface area contributed by atoms with E-state index in [1.807, 2.05) is 24.3 Å². The Morgan fingerprint density at radius 2 is 1.70 bits per heavy atom. The van der Waals surface area contributed by atoms with Crippen molar-refractivity contribution in [2.75, 3.05) is 27.2 Å². The minimum Gasteiger partial charge on any atom is -0.464 e. The number of hydrogen-bond donors (Lipinski definition) is 2. The van der Waals surface area contributed by atoms with Gasteiger partial charge in [0.05, 0.1) is 0 Å². The largest absolute Gasteiger partial charge is 0.464 e. The van der Waals surface area contributed by atoms with Gasteiger partial charge in [0.15, 0.2) is 0 Å². The number of halogens is 1. The number of ether oxygens (including phenoxy) is 1. The Morgan fingerprint density at radius 1 is 1.20 bits per heavy atom. The van der Waals surface area contributed by atoms with Crippen molar-refractivity contribution >= 4 is 30.3 Å². The molecule has 8 heteroatoms. The van der Waals surface area contributed by atoms with Crippen LogP contribution >= 0.6 is 12.4 Å². The Balaban J connectivity index is 0. The van der Waals surface area contributed by atoms with Crippen molar-refractivity contribution in [1.29, 1.82) is 0 Å². The second-order valence-corrected chi connectivity index (χ2v) is 4.55. The lowest BCUT2D eigenvalue weighted by Crippen LogP contribution is -2.50. The van der Waals surface area contributed by atoms with Crippen LogP contribution in [0, 0.1) is 5.41 Å². The van der Waals surface area contributed by atoms with Crippen LogP contribution in [0.5, 0.6) is 0 Å². The summed E-state index contributed by atoms with van der Waals surface area (Å²) in [6.45, 7) is 4.14. The van der Waals surface area contributed by atoms with Gasteiger partial charge in [-0.3, -0.25) is 14.9 Å². The van der Waals surface area contributed by atoms with E-state index >= 15 is 0 Å². The molecular formula is C12H24ClN3O4. The highest BCUT2D eigenvalue weighted by Gasteiger charge is 2.44. The van der Waals surface area contributed by atoms with Crippen LogP contribution in [-0.4, -0.2) is 50.1 Å². The third kappa shape index (κ3) is 5.75. The molecule has 0 aliphatic rings. The fourth-order valence-electron chi connectivity index (χ4n) is 1.64. The summed E-state index contributed by atoms with van der Waals surface area (Å²) in [4.78, 5) is 36.6. The maximum atomic E-state index is 12.1. The second-order valence-electron chi connectivity index (χ2n) is 4.55. The van der Waals surface area contributed by atoms with Crippen molar-refractivity contribution in [3.8, 4) is 0 Å². The summed E-state index contributed by atoms with van der Waals surface area (Å²) in [7, 11) is 3.70. The first-order valence-electron chi connectivity index (χ1n) is 6.23. The van der Waals surface area contributed by atoms with Crippen molar-refractivity contribution in [3.63, 3.8) is 0 Å². The molecule has 7 nitrogen and oxygen atoms in total. The van der Waals surface area contributed by atoms with Crippen LogP contribution in [0.1, 0.15) is 26.7 Å². The predicted molar refractivity (Wildman–Crippen MR) is 77.5 cm³/mol. The first-order chi connectivity index (χ1) is 8.80. The Kier molecular flexibility index (Phi) is 10.0. The van der Waals surface area contributed by atoms with Crippen molar-refractivity contribution in [2.24, 2.45) is 11.1 Å². The number of likely N-dealkylation sites (N-methyl/N-ethyl adjacent to an activating group) is 1. The molecule has 0 aliphatic carbocycles. The first-order valence-corrected chi connectivity index (χ1v) is 6.23. The molecule has 0 unspecified atom stereocenters. The van der Waals surface area contributed by atoms with Crippen LogP contribution in [0.3, 0.4) is 0 Å². The zero-order chi connectivity index (χ0) is 15.1. The Labute approximate surface area is 125 Å². The van der Waals surface area contributed by atoms with Gasteiger partial charge < -0.3 is 15.4 Å². The Bertz CT molecular complexity index is 344. The third-order valence-electron chi connectivity index (χ3n) is 3.04. The number of esters is 1. The normalized spacial score (nSPS) is 10.7. The molecule has 0 fully saturated rings. The lowest BCUT2D eigenvalue weighted by Gasteiger charge is -2.27. The van der Waals surface area contributed by atoms with Gasteiger partial charge >= 0.3 is 12.0 Å². The van der Waals surface area contributed by atoms with E-state index in [-0.39, 0.29) is 31.9 Å². The summed E-state index contributed by atoms with van der Waals surface area (Å²) >= 11 is 0. The number of nitrogens with zero attached hydrogens (tertiary/aromatic N) is 1. The molecule has 0 aromatic carbocycles. The molecule has 0 aliphatic heterocycles. The number of carbonyl (C=O) groups is 3. The molecule has 0 rings (SSSR count). The van der Waals surface area contributed by atoms with Gasteiger partial charge in [0.1, 0.15) is 12.0 Å². The van der Waals surface area contributed by atoms with Gasteiger partial charge in [-0.25, -0.2) is 4.79 Å². The molecule has 0 saturated carbocycles. The van der Waals surface area contributed by atoms with Crippen molar-refractivity contribution in [3.05, 3.63) is 0 Å². The number of carbonyl (C=O) groups excluding carboxylic acids is 3. The van der Waals surface area contributed by atoms with Crippen LogP contribution in [0.25, 0.3) is 0 Å². The smallest absolute Gasteiger partial charge is 0.321 e. The first kappa shape index (κ1) is 21.0. The zero-order valence-electron chi connectivity index (χ0n) is 12.4. The van der Waals surface area contributed by atoms with Gasteiger partial charge in [-0.15, -0.1) is 12.4 Å². The maximum absolute atomic E-state index is 12.1. The summed E-state index contributed by atoms with van der Waals surface area (Å²) in [5.74, 6) is -1.34. The lowest BCUT2D eigenvalue weighted by molar-refractivity contribution is -0.161. The van der Waals surface area contributed by atoms with Gasteiger partial charge in [-0.05, 0) is 26.9 Å². The average Bonchev–Trinajstić information content (AvgIpc) is 2.29. The number of hydrogen-bond acceptors (Lipinski definition) is 5. The van der Waals surface area contributed by atoms with E-state index in [1.165, 1.54) is 0 Å². The molecule has 0 spiro atoms. The van der Waals surface area contributed by atoms with Gasteiger partial charge in [0.25, 0.3) is 0 Å². The van der Waals surface area contributed by atoms with E-state index in [2.05, 4.69) is 0 Å². The van der Waals surface area contributed by atoms with Crippen LogP contribution in [0.15, 0.2) is 0 Å². The predicted octanol–water partition coefficient (Wildman–Crippen LogP) is 0.514. The molecule has 3 N–H and O–H groups in total. The summed E-state index contributed by atoms with van der Waals surface area (Å²) < 4.78 is 5.11. The molecule has 0 heterocycles. The third-order valence-corrected chi connectivity index (χ3v) is 3.04. The number of amides is 3. The number of primary amides is 1. The molecule has 0 aromatic heterocycles. The van der Waals surface area contributed by atoms with Crippen LogP contribution in [0.4, 0.5) is 4.79 Å². The molecule has 3 amide bonds. The minimum absolute atomic E-state index is 0. The Hall–Kier alpha value is -1.34. The maximum Gasteiger partial charge on any atom is 0.321 e. The SMILES string of the molecule is CCC(CC)(C(=O)NC(N)=O)C(=O)OCCN(C)C.Cl. The fourth-order valence-corrected chi connectivity index (χ4v) is 1.64. The van der Waals surface area contributed by atoms with Gasteiger partial charge in [0.2, 0.25) is 5.91 Å². The molecular weight excluding hydrogens is 286 g/mol. The number of rotatable bonds is 7. The number of urea groups is 1. The number of imide groups is 1. The van der Waals surface area contributed by atoms with Gasteiger partial charge in [-0.2, -0.15) is 0 Å². The summed E-state index contributed by atoms with van der Waals surface area (Å²) in [6.07, 6.45) is 0.479. The number of nitrogens with one attached hydrogen (secondary N) is 1. The van der Waals surface area contributed by atoms with E-state index in [0.717, 1.165) is 0 Å². The minimum atomic E-state index is -1.36. The van der Waals surface area contributed by atoms with E-state index < -0.39 is 23.3 Å². The van der Waals surface area contributed by atoms with Gasteiger partial charge in [-0.1, -0.05) is 13.8 Å². The molecule has 0 bridgehead atoms. The topological polar surface area (TPSA) is 102 Å². The zero-order valence-corrected chi connectivity index (χ0v) is 13.2. The van der Waals surface area contributed by atoms with Crippen LogP contribution in [-0.2, 0) is 14.3 Å². The summed E-state index contributed by atoms with van der Waals surface area (Å²) in [6, 6.07) is -0.975. The Morgan fingerprint density at radius 3 is 2.05 bits per heavy atom. The fraction of sp³-hybridized carbons (Fsp3) is 0.750. The molecule has 0 saturated heterocycles. The second kappa shape index (κ2) is 9.55. The van der Waals surface area contributed by atoms with E-state index in [0.29, 0.717) is 6.54 Å². The van der Waals surface area contributed by atoms with Crippen molar-refractivity contribution < 1.29 is 19.1 Å². The van der Waals surface area contributed by atoms with Crippen LogP contribution in [0.2, 0.25) is 0 Å². The molecule has 0 aromatic rings. The highest BCUT2D eigenvalue weighted by molar-refractivity contribution is 6.08. The average molecular weight is 310 g/mol. The monoisotopic (exact) mass is 309 g/mol. The van der Waals surface area contributed by atoms with Crippen molar-refractivity contribution in [2.45, 2.75) is 26.7 Å². The molecule has 0 atom stereocenters. The highest BCUT2D eigenvalue weighted by atomic mass is 35.5. The molecule has 0 radical (unpaired) electrons. The summed E-state index contributed by atoms with van der Waals surface area (Å²) in [5, 5.41) is 1.95. The number of nitrogens with two attached hydrogens (primary N) is 1. The van der Waals surface area contributed by atoms with E-state index in [4.69, 9.17) is 10.5 Å². The molecule has 20 heavy (non-hydrogen) atoms. The van der Waals surface area contributed by atoms with E-state index in [9.17, 15) is 14.4 Å². The summed E-state index contributed by atoms with van der Waals surface area (Å²) in [5.41, 5.74) is 3.55. The highest BCUT2D eigenvalue weighted by Crippen LogP contribution is 2.28. The quantitative estimate of drug-likeness (QED) is 0.527.